The maximum Gasteiger partial charge on any atom is 0.0373 e. The summed E-state index contributed by atoms with van der Waals surface area (Å²) in [5.41, 5.74) is 4.16. The van der Waals surface area contributed by atoms with E-state index in [0.29, 0.717) is 6.04 Å². The SMILES string of the molecule is Cc1ccc2c(c1)CC(CNC(C)C)CN2. The van der Waals surface area contributed by atoms with Crippen molar-refractivity contribution in [2.24, 2.45) is 5.92 Å². The number of hydrogen-bond acceptors (Lipinski definition) is 2. The predicted molar refractivity (Wildman–Crippen MR) is 70.0 cm³/mol. The molecule has 1 aromatic rings. The van der Waals surface area contributed by atoms with Crippen molar-refractivity contribution < 1.29 is 0 Å². The van der Waals surface area contributed by atoms with Crippen LogP contribution < -0.4 is 10.6 Å². The van der Waals surface area contributed by atoms with E-state index in [1.165, 1.54) is 23.2 Å². The minimum absolute atomic E-state index is 0.582. The quantitative estimate of drug-likeness (QED) is 0.815. The zero-order valence-electron chi connectivity index (χ0n) is 10.5. The zero-order valence-corrected chi connectivity index (χ0v) is 10.5. The number of hydrogen-bond donors (Lipinski definition) is 2. The molecule has 0 aromatic heterocycles. The van der Waals surface area contributed by atoms with Crippen LogP contribution in [-0.2, 0) is 6.42 Å². The van der Waals surface area contributed by atoms with Crippen LogP contribution in [-0.4, -0.2) is 19.1 Å². The van der Waals surface area contributed by atoms with E-state index in [2.05, 4.69) is 49.6 Å². The smallest absolute Gasteiger partial charge is 0.0373 e. The molecule has 2 rings (SSSR count). The van der Waals surface area contributed by atoms with E-state index in [4.69, 9.17) is 0 Å². The number of fused-ring (bicyclic) bond motifs is 1. The van der Waals surface area contributed by atoms with Crippen molar-refractivity contribution >= 4 is 5.69 Å². The third kappa shape index (κ3) is 2.76. The summed E-state index contributed by atoms with van der Waals surface area (Å²) in [6.07, 6.45) is 1.20. The minimum atomic E-state index is 0.582. The van der Waals surface area contributed by atoms with Crippen LogP contribution in [0.15, 0.2) is 18.2 Å². The first kappa shape index (κ1) is 11.5. The summed E-state index contributed by atoms with van der Waals surface area (Å²) in [6, 6.07) is 7.28. The van der Waals surface area contributed by atoms with E-state index >= 15 is 0 Å². The van der Waals surface area contributed by atoms with Gasteiger partial charge in [-0.1, -0.05) is 31.5 Å². The molecule has 0 fully saturated rings. The molecular formula is C14H22N2. The molecule has 0 amide bonds. The summed E-state index contributed by atoms with van der Waals surface area (Å²) in [4.78, 5) is 0. The number of nitrogens with one attached hydrogen (secondary N) is 2. The first-order valence-electron chi connectivity index (χ1n) is 6.22. The Hall–Kier alpha value is -1.02. The molecule has 0 aliphatic carbocycles. The molecule has 0 spiro atoms. The standard InChI is InChI=1S/C14H22N2/c1-10(2)15-8-12-7-13-6-11(3)4-5-14(13)16-9-12/h4-6,10,12,15-16H,7-9H2,1-3H3. The lowest BCUT2D eigenvalue weighted by atomic mass is 9.92. The molecule has 1 unspecified atom stereocenters. The molecule has 1 aliphatic rings. The molecule has 0 saturated heterocycles. The summed E-state index contributed by atoms with van der Waals surface area (Å²) < 4.78 is 0. The fourth-order valence-electron chi connectivity index (χ4n) is 2.25. The summed E-state index contributed by atoms with van der Waals surface area (Å²) >= 11 is 0. The molecule has 1 aliphatic heterocycles. The summed E-state index contributed by atoms with van der Waals surface area (Å²) in [5, 5.41) is 7.04. The maximum absolute atomic E-state index is 3.52. The second-order valence-electron chi connectivity index (χ2n) is 5.17. The molecular weight excluding hydrogens is 196 g/mol. The van der Waals surface area contributed by atoms with Crippen molar-refractivity contribution in [2.45, 2.75) is 33.2 Å². The van der Waals surface area contributed by atoms with Crippen LogP contribution in [0.3, 0.4) is 0 Å². The Morgan fingerprint density at radius 3 is 3.00 bits per heavy atom. The van der Waals surface area contributed by atoms with Crippen LogP contribution in [0.25, 0.3) is 0 Å². The lowest BCUT2D eigenvalue weighted by Crippen LogP contribution is -2.35. The lowest BCUT2D eigenvalue weighted by molar-refractivity contribution is 0.455. The van der Waals surface area contributed by atoms with Gasteiger partial charge in [0.1, 0.15) is 0 Å². The maximum atomic E-state index is 3.52. The molecule has 0 saturated carbocycles. The fraction of sp³-hybridized carbons (Fsp3) is 0.571. The Kier molecular flexibility index (Phi) is 3.49. The molecule has 88 valence electrons. The monoisotopic (exact) mass is 218 g/mol. The first-order valence-corrected chi connectivity index (χ1v) is 6.22. The van der Waals surface area contributed by atoms with Gasteiger partial charge in [-0.2, -0.15) is 0 Å². The van der Waals surface area contributed by atoms with Crippen molar-refractivity contribution in [1.82, 2.24) is 5.32 Å². The Labute approximate surface area is 98.4 Å². The van der Waals surface area contributed by atoms with Gasteiger partial charge in [-0.05, 0) is 30.9 Å². The Bertz CT molecular complexity index is 358. The van der Waals surface area contributed by atoms with Crippen LogP contribution in [0.2, 0.25) is 0 Å². The highest BCUT2D eigenvalue weighted by atomic mass is 14.9. The van der Waals surface area contributed by atoms with Gasteiger partial charge in [0.05, 0.1) is 0 Å². The highest BCUT2D eigenvalue weighted by Gasteiger charge is 2.17. The van der Waals surface area contributed by atoms with Crippen molar-refractivity contribution in [3.63, 3.8) is 0 Å². The van der Waals surface area contributed by atoms with Crippen LogP contribution >= 0.6 is 0 Å². The molecule has 2 heteroatoms. The molecule has 1 atom stereocenters. The highest BCUT2D eigenvalue weighted by molar-refractivity contribution is 5.54. The second-order valence-corrected chi connectivity index (χ2v) is 5.17. The summed E-state index contributed by atoms with van der Waals surface area (Å²) in [7, 11) is 0. The predicted octanol–water partition coefficient (Wildman–Crippen LogP) is 2.58. The van der Waals surface area contributed by atoms with Gasteiger partial charge < -0.3 is 10.6 Å². The van der Waals surface area contributed by atoms with Crippen LogP contribution in [0.4, 0.5) is 5.69 Å². The van der Waals surface area contributed by atoms with Crippen LogP contribution in [0.5, 0.6) is 0 Å². The highest BCUT2D eigenvalue weighted by Crippen LogP contribution is 2.25. The van der Waals surface area contributed by atoms with Crippen LogP contribution in [0, 0.1) is 12.8 Å². The van der Waals surface area contributed by atoms with Gasteiger partial charge in [0.2, 0.25) is 0 Å². The molecule has 1 heterocycles. The Morgan fingerprint density at radius 2 is 2.25 bits per heavy atom. The van der Waals surface area contributed by atoms with E-state index < -0.39 is 0 Å². The van der Waals surface area contributed by atoms with Crippen molar-refractivity contribution in [2.75, 3.05) is 18.4 Å². The average Bonchev–Trinajstić information content (AvgIpc) is 2.25. The molecule has 16 heavy (non-hydrogen) atoms. The van der Waals surface area contributed by atoms with Crippen molar-refractivity contribution in [3.8, 4) is 0 Å². The molecule has 0 bridgehead atoms. The Morgan fingerprint density at radius 1 is 1.44 bits per heavy atom. The van der Waals surface area contributed by atoms with Gasteiger partial charge in [0.15, 0.2) is 0 Å². The van der Waals surface area contributed by atoms with E-state index in [0.717, 1.165) is 19.0 Å². The van der Waals surface area contributed by atoms with Gasteiger partial charge >= 0.3 is 0 Å². The van der Waals surface area contributed by atoms with Crippen LogP contribution in [0.1, 0.15) is 25.0 Å². The topological polar surface area (TPSA) is 24.1 Å². The normalized spacial score (nSPS) is 19.4. The number of aryl methyl sites for hydroxylation is 1. The van der Waals surface area contributed by atoms with Gasteiger partial charge in [-0.3, -0.25) is 0 Å². The zero-order chi connectivity index (χ0) is 11.5. The second kappa shape index (κ2) is 4.88. The molecule has 0 radical (unpaired) electrons. The van der Waals surface area contributed by atoms with E-state index in [-0.39, 0.29) is 0 Å². The van der Waals surface area contributed by atoms with Gasteiger partial charge in [0.25, 0.3) is 0 Å². The number of anilines is 1. The number of rotatable bonds is 3. The van der Waals surface area contributed by atoms with Gasteiger partial charge in [0, 0.05) is 24.8 Å². The largest absolute Gasteiger partial charge is 0.384 e. The van der Waals surface area contributed by atoms with Crippen molar-refractivity contribution in [1.29, 1.82) is 0 Å². The average molecular weight is 218 g/mol. The van der Waals surface area contributed by atoms with Crippen molar-refractivity contribution in [3.05, 3.63) is 29.3 Å². The third-order valence-corrected chi connectivity index (χ3v) is 3.17. The summed E-state index contributed by atoms with van der Waals surface area (Å²) in [6.45, 7) is 8.77. The summed E-state index contributed by atoms with van der Waals surface area (Å²) in [5.74, 6) is 0.719. The Balaban J connectivity index is 1.99. The van der Waals surface area contributed by atoms with Gasteiger partial charge in [-0.25, -0.2) is 0 Å². The fourth-order valence-corrected chi connectivity index (χ4v) is 2.25. The van der Waals surface area contributed by atoms with E-state index in [9.17, 15) is 0 Å². The van der Waals surface area contributed by atoms with E-state index in [1.807, 2.05) is 0 Å². The van der Waals surface area contributed by atoms with E-state index in [1.54, 1.807) is 0 Å². The third-order valence-electron chi connectivity index (χ3n) is 3.17. The minimum Gasteiger partial charge on any atom is -0.384 e. The van der Waals surface area contributed by atoms with Gasteiger partial charge in [-0.15, -0.1) is 0 Å². The lowest BCUT2D eigenvalue weighted by Gasteiger charge is -2.27. The molecule has 2 N–H and O–H groups in total. The molecule has 2 nitrogen and oxygen atoms in total. The number of benzene rings is 1. The molecule has 1 aromatic carbocycles. The first-order chi connectivity index (χ1) is 7.65.